The van der Waals surface area contributed by atoms with Crippen LogP contribution in [0.1, 0.15) is 48.5 Å². The zero-order valence-corrected chi connectivity index (χ0v) is 11.9. The van der Waals surface area contributed by atoms with Crippen molar-refractivity contribution < 1.29 is 4.79 Å². The fourth-order valence-corrected chi connectivity index (χ4v) is 2.35. The quantitative estimate of drug-likeness (QED) is 0.851. The van der Waals surface area contributed by atoms with E-state index in [1.165, 1.54) is 5.56 Å². The van der Waals surface area contributed by atoms with E-state index < -0.39 is 0 Å². The molecule has 0 bridgehead atoms. The third kappa shape index (κ3) is 3.56. The molecule has 0 amide bonds. The van der Waals surface area contributed by atoms with Crippen molar-refractivity contribution in [1.29, 1.82) is 0 Å². The van der Waals surface area contributed by atoms with E-state index in [-0.39, 0.29) is 18.3 Å². The van der Waals surface area contributed by atoms with Gasteiger partial charge in [-0.25, -0.2) is 0 Å². The topological polar surface area (TPSA) is 29.1 Å². The Bertz CT molecular complexity index is 380. The Balaban J connectivity index is 0.00000162. The smallest absolute Gasteiger partial charge is 0.166 e. The second-order valence-electron chi connectivity index (χ2n) is 5.17. The highest BCUT2D eigenvalue weighted by atomic mass is 35.5. The Morgan fingerprint density at radius 2 is 1.72 bits per heavy atom. The van der Waals surface area contributed by atoms with Gasteiger partial charge in [-0.2, -0.15) is 0 Å². The van der Waals surface area contributed by atoms with Crippen LogP contribution in [0.5, 0.6) is 0 Å². The third-order valence-corrected chi connectivity index (χ3v) is 3.57. The zero-order chi connectivity index (χ0) is 12.3. The van der Waals surface area contributed by atoms with E-state index >= 15 is 0 Å². The van der Waals surface area contributed by atoms with Crippen molar-refractivity contribution in [2.24, 2.45) is 5.92 Å². The molecular weight excluding hydrogens is 246 g/mol. The molecule has 1 aromatic carbocycles. The van der Waals surface area contributed by atoms with Crippen LogP contribution in [0.4, 0.5) is 0 Å². The van der Waals surface area contributed by atoms with Crippen LogP contribution in [0, 0.1) is 5.92 Å². The maximum atomic E-state index is 12.3. The highest BCUT2D eigenvalue weighted by Gasteiger charge is 2.21. The van der Waals surface area contributed by atoms with Crippen molar-refractivity contribution in [2.45, 2.75) is 32.6 Å². The number of carbonyl (C=O) groups excluding carboxylic acids is 1. The lowest BCUT2D eigenvalue weighted by Gasteiger charge is -2.21. The van der Waals surface area contributed by atoms with Crippen LogP contribution in [0.15, 0.2) is 24.3 Å². The molecule has 0 aromatic heterocycles. The molecule has 2 nitrogen and oxygen atoms in total. The molecule has 100 valence electrons. The minimum Gasteiger partial charge on any atom is -0.317 e. The van der Waals surface area contributed by atoms with Crippen molar-refractivity contribution in [1.82, 2.24) is 5.32 Å². The van der Waals surface area contributed by atoms with Crippen LogP contribution in [0.3, 0.4) is 0 Å². The molecule has 0 atom stereocenters. The van der Waals surface area contributed by atoms with E-state index in [1.54, 1.807) is 0 Å². The van der Waals surface area contributed by atoms with Gasteiger partial charge >= 0.3 is 0 Å². The Labute approximate surface area is 116 Å². The van der Waals surface area contributed by atoms with Gasteiger partial charge in [-0.3, -0.25) is 4.79 Å². The minimum absolute atomic E-state index is 0. The van der Waals surface area contributed by atoms with Crippen molar-refractivity contribution in [2.75, 3.05) is 13.1 Å². The second-order valence-corrected chi connectivity index (χ2v) is 5.17. The van der Waals surface area contributed by atoms with Gasteiger partial charge in [0.25, 0.3) is 0 Å². The summed E-state index contributed by atoms with van der Waals surface area (Å²) in [6.07, 6.45) is 1.95. The van der Waals surface area contributed by atoms with Crippen LogP contribution in [-0.4, -0.2) is 18.9 Å². The number of benzene rings is 1. The average Bonchev–Trinajstić information content (AvgIpc) is 2.39. The predicted molar refractivity (Wildman–Crippen MR) is 77.7 cm³/mol. The van der Waals surface area contributed by atoms with Crippen LogP contribution < -0.4 is 5.32 Å². The Morgan fingerprint density at radius 1 is 1.17 bits per heavy atom. The molecule has 0 saturated carbocycles. The summed E-state index contributed by atoms with van der Waals surface area (Å²) in [5.41, 5.74) is 2.17. The van der Waals surface area contributed by atoms with E-state index in [0.717, 1.165) is 31.5 Å². The van der Waals surface area contributed by atoms with Crippen LogP contribution >= 0.6 is 12.4 Å². The first-order valence-corrected chi connectivity index (χ1v) is 6.53. The van der Waals surface area contributed by atoms with Gasteiger partial charge < -0.3 is 5.32 Å². The SMILES string of the molecule is CC(C)c1ccc(C(=O)C2CCNCC2)cc1.Cl. The Morgan fingerprint density at radius 3 is 2.22 bits per heavy atom. The third-order valence-electron chi connectivity index (χ3n) is 3.57. The van der Waals surface area contributed by atoms with Gasteiger partial charge in [0, 0.05) is 11.5 Å². The van der Waals surface area contributed by atoms with Crippen LogP contribution in [-0.2, 0) is 0 Å². The molecule has 1 fully saturated rings. The Hall–Kier alpha value is -0.860. The highest BCUT2D eigenvalue weighted by molar-refractivity contribution is 5.97. The van der Waals surface area contributed by atoms with E-state index in [2.05, 4.69) is 31.3 Å². The molecule has 0 unspecified atom stereocenters. The number of hydrogen-bond acceptors (Lipinski definition) is 2. The number of carbonyl (C=O) groups is 1. The van der Waals surface area contributed by atoms with E-state index in [1.807, 2.05) is 12.1 Å². The first-order valence-electron chi connectivity index (χ1n) is 6.53. The normalized spacial score (nSPS) is 16.4. The first-order chi connectivity index (χ1) is 8.18. The number of piperidine rings is 1. The van der Waals surface area contributed by atoms with Crippen molar-refractivity contribution in [3.8, 4) is 0 Å². The van der Waals surface area contributed by atoms with Gasteiger partial charge in [0.15, 0.2) is 5.78 Å². The number of rotatable bonds is 3. The lowest BCUT2D eigenvalue weighted by atomic mass is 9.89. The van der Waals surface area contributed by atoms with E-state index in [0.29, 0.717) is 11.7 Å². The summed E-state index contributed by atoms with van der Waals surface area (Å²) in [5, 5.41) is 3.29. The van der Waals surface area contributed by atoms with Crippen molar-refractivity contribution in [3.05, 3.63) is 35.4 Å². The van der Waals surface area contributed by atoms with Gasteiger partial charge in [-0.05, 0) is 37.4 Å². The fraction of sp³-hybridized carbons (Fsp3) is 0.533. The molecule has 1 saturated heterocycles. The second kappa shape index (κ2) is 6.91. The van der Waals surface area contributed by atoms with E-state index in [4.69, 9.17) is 0 Å². The first kappa shape index (κ1) is 15.2. The molecule has 0 spiro atoms. The van der Waals surface area contributed by atoms with Crippen molar-refractivity contribution in [3.63, 3.8) is 0 Å². The summed E-state index contributed by atoms with van der Waals surface area (Å²) in [4.78, 5) is 12.3. The fourth-order valence-electron chi connectivity index (χ4n) is 2.35. The maximum absolute atomic E-state index is 12.3. The summed E-state index contributed by atoms with van der Waals surface area (Å²) in [6, 6.07) is 8.14. The van der Waals surface area contributed by atoms with Gasteiger partial charge in [-0.15, -0.1) is 12.4 Å². The largest absolute Gasteiger partial charge is 0.317 e. The predicted octanol–water partition coefficient (Wildman–Crippen LogP) is 3.41. The summed E-state index contributed by atoms with van der Waals surface area (Å²) < 4.78 is 0. The maximum Gasteiger partial charge on any atom is 0.166 e. The molecule has 1 aliphatic rings. The van der Waals surface area contributed by atoms with Crippen molar-refractivity contribution >= 4 is 18.2 Å². The zero-order valence-electron chi connectivity index (χ0n) is 11.1. The van der Waals surface area contributed by atoms with Crippen LogP contribution in [0.25, 0.3) is 0 Å². The molecule has 0 radical (unpaired) electrons. The molecule has 3 heteroatoms. The van der Waals surface area contributed by atoms with Gasteiger partial charge in [0.2, 0.25) is 0 Å². The Kier molecular flexibility index (Phi) is 5.83. The molecule has 1 N–H and O–H groups in total. The summed E-state index contributed by atoms with van der Waals surface area (Å²) in [7, 11) is 0. The monoisotopic (exact) mass is 267 g/mol. The van der Waals surface area contributed by atoms with Gasteiger partial charge in [0.05, 0.1) is 0 Å². The van der Waals surface area contributed by atoms with Gasteiger partial charge in [-0.1, -0.05) is 38.1 Å². The molecule has 0 aliphatic carbocycles. The molecule has 1 heterocycles. The lowest BCUT2D eigenvalue weighted by molar-refractivity contribution is 0.0895. The number of nitrogens with one attached hydrogen (secondary N) is 1. The molecule has 1 aromatic rings. The molecule has 2 rings (SSSR count). The molecule has 1 aliphatic heterocycles. The number of hydrogen-bond donors (Lipinski definition) is 1. The molecular formula is C15H22ClNO. The standard InChI is InChI=1S/C15H21NO.ClH/c1-11(2)12-3-5-13(6-4-12)15(17)14-7-9-16-10-8-14;/h3-6,11,14,16H,7-10H2,1-2H3;1H. The van der Waals surface area contributed by atoms with E-state index in [9.17, 15) is 4.79 Å². The van der Waals surface area contributed by atoms with Gasteiger partial charge in [0.1, 0.15) is 0 Å². The number of ketones is 1. The highest BCUT2D eigenvalue weighted by Crippen LogP contribution is 2.20. The minimum atomic E-state index is 0. The summed E-state index contributed by atoms with van der Waals surface area (Å²) in [5.74, 6) is 1.07. The summed E-state index contributed by atoms with van der Waals surface area (Å²) in [6.45, 7) is 6.29. The van der Waals surface area contributed by atoms with Crippen LogP contribution in [0.2, 0.25) is 0 Å². The molecule has 18 heavy (non-hydrogen) atoms. The number of Topliss-reactive ketones (excluding diaryl/α,β-unsaturated/α-hetero) is 1. The lowest BCUT2D eigenvalue weighted by Crippen LogP contribution is -2.31. The summed E-state index contributed by atoms with van der Waals surface area (Å²) >= 11 is 0. The average molecular weight is 268 g/mol. The number of halogens is 1.